The molecular formula is C13H17NO3. The van der Waals surface area contributed by atoms with Gasteiger partial charge in [0.1, 0.15) is 11.5 Å². The van der Waals surface area contributed by atoms with Crippen molar-refractivity contribution in [3.8, 4) is 5.75 Å². The van der Waals surface area contributed by atoms with E-state index in [1.807, 2.05) is 19.1 Å². The Morgan fingerprint density at radius 3 is 2.76 bits per heavy atom. The van der Waals surface area contributed by atoms with Crippen LogP contribution in [0.15, 0.2) is 24.3 Å². The number of aromatic hydroxyl groups is 1. The Morgan fingerprint density at radius 1 is 1.53 bits per heavy atom. The molecule has 4 nitrogen and oxygen atoms in total. The van der Waals surface area contributed by atoms with Crippen LogP contribution in [0, 0.1) is 0 Å². The molecule has 0 bridgehead atoms. The molecule has 1 fully saturated rings. The summed E-state index contributed by atoms with van der Waals surface area (Å²) in [5.41, 5.74) is 3.74. The Balaban J connectivity index is 2.11. The number of nitrogens with one attached hydrogen (secondary N) is 1. The molecule has 0 saturated carbocycles. The first-order chi connectivity index (χ1) is 7.99. The Bertz CT molecular complexity index is 415. The van der Waals surface area contributed by atoms with E-state index in [4.69, 9.17) is 4.84 Å². The summed E-state index contributed by atoms with van der Waals surface area (Å²) < 4.78 is 0. The monoisotopic (exact) mass is 235 g/mol. The highest BCUT2D eigenvalue weighted by Gasteiger charge is 2.37. The van der Waals surface area contributed by atoms with Crippen molar-refractivity contribution in [2.75, 3.05) is 0 Å². The van der Waals surface area contributed by atoms with E-state index in [1.165, 1.54) is 0 Å². The Hall–Kier alpha value is -1.39. The predicted octanol–water partition coefficient (Wildman–Crippen LogP) is 1.88. The van der Waals surface area contributed by atoms with Gasteiger partial charge in [0.2, 0.25) is 0 Å². The van der Waals surface area contributed by atoms with Crippen molar-refractivity contribution in [3.63, 3.8) is 0 Å². The second-order valence-electron chi connectivity index (χ2n) is 4.83. The van der Waals surface area contributed by atoms with Crippen molar-refractivity contribution < 1.29 is 14.7 Å². The summed E-state index contributed by atoms with van der Waals surface area (Å²) in [5.74, 6) is 0.378. The maximum absolute atomic E-state index is 11.1. The normalized spacial score (nSPS) is 28.2. The van der Waals surface area contributed by atoms with Gasteiger partial charge >= 0.3 is 0 Å². The molecule has 0 amide bonds. The minimum atomic E-state index is -0.298. The molecule has 1 aliphatic rings. The molecule has 17 heavy (non-hydrogen) atoms. The largest absolute Gasteiger partial charge is 0.508 e. The Morgan fingerprint density at radius 2 is 2.18 bits per heavy atom. The first kappa shape index (κ1) is 12.1. The number of rotatable bonds is 3. The SMILES string of the molecule is CC(=O)CC1CC(C)(c2ccc(O)cc2)NO1. The second kappa shape index (κ2) is 4.47. The van der Waals surface area contributed by atoms with Crippen LogP contribution in [-0.2, 0) is 15.2 Å². The molecule has 2 atom stereocenters. The van der Waals surface area contributed by atoms with Gasteiger partial charge < -0.3 is 5.11 Å². The third-order valence-electron chi connectivity index (χ3n) is 3.11. The topological polar surface area (TPSA) is 58.6 Å². The molecule has 1 heterocycles. The first-order valence-corrected chi connectivity index (χ1v) is 5.71. The van der Waals surface area contributed by atoms with Gasteiger partial charge in [-0.05, 0) is 31.5 Å². The summed E-state index contributed by atoms with van der Waals surface area (Å²) in [5, 5.41) is 9.26. The summed E-state index contributed by atoms with van der Waals surface area (Å²) in [6.45, 7) is 3.60. The van der Waals surface area contributed by atoms with Crippen LogP contribution in [0.3, 0.4) is 0 Å². The van der Waals surface area contributed by atoms with E-state index in [0.717, 1.165) is 12.0 Å². The lowest BCUT2D eigenvalue weighted by molar-refractivity contribution is -0.120. The van der Waals surface area contributed by atoms with Crippen LogP contribution >= 0.6 is 0 Å². The molecular weight excluding hydrogens is 218 g/mol. The lowest BCUT2D eigenvalue weighted by atomic mass is 9.87. The van der Waals surface area contributed by atoms with Gasteiger partial charge in [0.15, 0.2) is 0 Å². The quantitative estimate of drug-likeness (QED) is 0.839. The van der Waals surface area contributed by atoms with Gasteiger partial charge in [0.05, 0.1) is 11.6 Å². The van der Waals surface area contributed by atoms with Crippen LogP contribution in [0.25, 0.3) is 0 Å². The van der Waals surface area contributed by atoms with Crippen LogP contribution in [0.2, 0.25) is 0 Å². The molecule has 2 unspecified atom stereocenters. The maximum Gasteiger partial charge on any atom is 0.132 e. The van der Waals surface area contributed by atoms with Crippen molar-refractivity contribution in [3.05, 3.63) is 29.8 Å². The number of benzene rings is 1. The van der Waals surface area contributed by atoms with Gasteiger partial charge in [-0.25, -0.2) is 0 Å². The number of ketones is 1. The molecule has 1 saturated heterocycles. The molecule has 1 aromatic rings. The number of phenols is 1. The molecule has 2 rings (SSSR count). The van der Waals surface area contributed by atoms with Crippen LogP contribution < -0.4 is 5.48 Å². The molecule has 0 radical (unpaired) electrons. The molecule has 4 heteroatoms. The van der Waals surface area contributed by atoms with Crippen molar-refractivity contribution in [2.45, 2.75) is 38.3 Å². The zero-order valence-electron chi connectivity index (χ0n) is 10.1. The van der Waals surface area contributed by atoms with Crippen LogP contribution in [0.1, 0.15) is 32.3 Å². The third kappa shape index (κ3) is 2.65. The van der Waals surface area contributed by atoms with Crippen molar-refractivity contribution in [1.82, 2.24) is 5.48 Å². The van der Waals surface area contributed by atoms with E-state index in [0.29, 0.717) is 6.42 Å². The van der Waals surface area contributed by atoms with E-state index in [-0.39, 0.29) is 23.2 Å². The van der Waals surface area contributed by atoms with Crippen molar-refractivity contribution >= 4 is 5.78 Å². The second-order valence-corrected chi connectivity index (χ2v) is 4.83. The maximum atomic E-state index is 11.1. The molecule has 2 N–H and O–H groups in total. The lowest BCUT2D eigenvalue weighted by Crippen LogP contribution is -2.32. The third-order valence-corrected chi connectivity index (χ3v) is 3.11. The fourth-order valence-corrected chi connectivity index (χ4v) is 2.19. The average Bonchev–Trinajstić information content (AvgIpc) is 2.61. The zero-order valence-corrected chi connectivity index (χ0v) is 10.1. The number of Topliss-reactive ketones (excluding diaryl/α,β-unsaturated/α-hetero) is 1. The molecule has 1 aliphatic heterocycles. The summed E-state index contributed by atoms with van der Waals surface area (Å²) in [4.78, 5) is 16.5. The van der Waals surface area contributed by atoms with Gasteiger partial charge in [-0.1, -0.05) is 12.1 Å². The molecule has 0 spiro atoms. The van der Waals surface area contributed by atoms with Crippen LogP contribution in [-0.4, -0.2) is 17.0 Å². The lowest BCUT2D eigenvalue weighted by Gasteiger charge is -2.22. The van der Waals surface area contributed by atoms with Crippen LogP contribution in [0.5, 0.6) is 5.75 Å². The summed E-state index contributed by atoms with van der Waals surface area (Å²) in [6.07, 6.45) is 1.10. The highest BCUT2D eigenvalue weighted by Crippen LogP contribution is 2.33. The standard InChI is InChI=1S/C13H17NO3/c1-9(15)7-12-8-13(2,14-17-12)10-3-5-11(16)6-4-10/h3-6,12,14,16H,7-8H2,1-2H3. The fourth-order valence-electron chi connectivity index (χ4n) is 2.19. The van der Waals surface area contributed by atoms with Gasteiger partial charge in [0, 0.05) is 12.8 Å². The number of carbonyl (C=O) groups excluding carboxylic acids is 1. The van der Waals surface area contributed by atoms with E-state index in [9.17, 15) is 9.90 Å². The molecule has 1 aromatic carbocycles. The summed E-state index contributed by atoms with van der Waals surface area (Å²) in [6, 6.07) is 7.03. The van der Waals surface area contributed by atoms with Gasteiger partial charge in [-0.15, -0.1) is 0 Å². The summed E-state index contributed by atoms with van der Waals surface area (Å²) >= 11 is 0. The van der Waals surface area contributed by atoms with E-state index in [2.05, 4.69) is 5.48 Å². The van der Waals surface area contributed by atoms with E-state index < -0.39 is 0 Å². The summed E-state index contributed by atoms with van der Waals surface area (Å²) in [7, 11) is 0. The number of hydroxylamine groups is 1. The Kier molecular flexibility index (Phi) is 3.17. The van der Waals surface area contributed by atoms with Gasteiger partial charge in [0.25, 0.3) is 0 Å². The van der Waals surface area contributed by atoms with E-state index >= 15 is 0 Å². The smallest absolute Gasteiger partial charge is 0.132 e. The highest BCUT2D eigenvalue weighted by molar-refractivity contribution is 5.76. The number of hydrogen-bond donors (Lipinski definition) is 2. The average molecular weight is 235 g/mol. The first-order valence-electron chi connectivity index (χ1n) is 5.71. The van der Waals surface area contributed by atoms with E-state index in [1.54, 1.807) is 19.1 Å². The molecule has 0 aliphatic carbocycles. The van der Waals surface area contributed by atoms with Crippen molar-refractivity contribution in [2.24, 2.45) is 0 Å². The zero-order chi connectivity index (χ0) is 12.5. The van der Waals surface area contributed by atoms with Crippen molar-refractivity contribution in [1.29, 1.82) is 0 Å². The number of carbonyl (C=O) groups is 1. The van der Waals surface area contributed by atoms with Gasteiger partial charge in [-0.3, -0.25) is 9.63 Å². The van der Waals surface area contributed by atoms with Crippen LogP contribution in [0.4, 0.5) is 0 Å². The predicted molar refractivity (Wildman–Crippen MR) is 63.4 cm³/mol. The fraction of sp³-hybridized carbons (Fsp3) is 0.462. The number of phenolic OH excluding ortho intramolecular Hbond substituents is 1. The van der Waals surface area contributed by atoms with Gasteiger partial charge in [-0.2, -0.15) is 5.48 Å². The molecule has 92 valence electrons. The minimum Gasteiger partial charge on any atom is -0.508 e. The molecule has 0 aromatic heterocycles. The number of hydrogen-bond acceptors (Lipinski definition) is 4. The Labute approximate surface area is 101 Å². The highest BCUT2D eigenvalue weighted by atomic mass is 16.7. The minimum absolute atomic E-state index is 0.0775.